The van der Waals surface area contributed by atoms with Crippen molar-refractivity contribution in [3.8, 4) is 0 Å². The topological polar surface area (TPSA) is 91.7 Å². The van der Waals surface area contributed by atoms with Crippen molar-refractivity contribution in [2.24, 2.45) is 0 Å². The second kappa shape index (κ2) is 12.2. The summed E-state index contributed by atoms with van der Waals surface area (Å²) in [5.41, 5.74) is -3.05. The van der Waals surface area contributed by atoms with E-state index in [-0.39, 0.29) is 33.0 Å². The molecule has 0 amide bonds. The lowest BCUT2D eigenvalue weighted by molar-refractivity contribution is -0.144. The number of hydrogen-bond donors (Lipinski definition) is 1. The fraction of sp³-hybridized carbons (Fsp3) is 0.737. The predicted molar refractivity (Wildman–Crippen MR) is 113 cm³/mol. The van der Waals surface area contributed by atoms with Gasteiger partial charge in [-0.15, -0.1) is 0 Å². The molecule has 31 heavy (non-hydrogen) atoms. The number of nitrogens with zero attached hydrogens (tertiary/aromatic N) is 2. The van der Waals surface area contributed by atoms with Crippen LogP contribution in [0.2, 0.25) is 25.7 Å². The van der Waals surface area contributed by atoms with E-state index in [0.717, 1.165) is 12.2 Å². The molecule has 0 aromatic carbocycles. The van der Waals surface area contributed by atoms with Crippen molar-refractivity contribution in [1.29, 1.82) is 0 Å². The van der Waals surface area contributed by atoms with Gasteiger partial charge in [0.15, 0.2) is 0 Å². The van der Waals surface area contributed by atoms with E-state index < -0.39 is 43.1 Å². The number of carbonyl (C=O) groups excluding carboxylic acids is 1. The first-order valence-corrected chi connectivity index (χ1v) is 13.8. The van der Waals surface area contributed by atoms with Crippen LogP contribution in [0.15, 0.2) is 11.0 Å². The Morgan fingerprint density at radius 3 is 2.52 bits per heavy atom. The summed E-state index contributed by atoms with van der Waals surface area (Å²) in [6.45, 7) is 10.1. The van der Waals surface area contributed by atoms with Crippen molar-refractivity contribution in [3.63, 3.8) is 0 Å². The Morgan fingerprint density at radius 2 is 1.94 bits per heavy atom. The van der Waals surface area contributed by atoms with Crippen molar-refractivity contribution in [2.75, 3.05) is 31.7 Å². The molecule has 0 aliphatic heterocycles. The Kier molecular flexibility index (Phi) is 10.7. The maximum absolute atomic E-state index is 13.6. The lowest BCUT2D eigenvalue weighted by atomic mass is 10.2. The SMILES string of the molecule is CCOC(=O)CCOCC(C)Nc1cnn(COCC[Si](C)(C)C)c(=O)c1C(F)(F)F. The molecule has 1 atom stereocenters. The molecule has 0 saturated carbocycles. The lowest BCUT2D eigenvalue weighted by Gasteiger charge is -2.20. The minimum atomic E-state index is -4.87. The molecule has 8 nitrogen and oxygen atoms in total. The molecule has 0 radical (unpaired) electrons. The van der Waals surface area contributed by atoms with Crippen LogP contribution in [0.25, 0.3) is 0 Å². The predicted octanol–water partition coefficient (Wildman–Crippen LogP) is 3.34. The zero-order valence-corrected chi connectivity index (χ0v) is 19.7. The zero-order valence-electron chi connectivity index (χ0n) is 18.7. The van der Waals surface area contributed by atoms with Gasteiger partial charge in [-0.2, -0.15) is 18.3 Å². The molecule has 1 heterocycles. The van der Waals surface area contributed by atoms with Gasteiger partial charge in [0.1, 0.15) is 12.3 Å². The van der Waals surface area contributed by atoms with Crippen molar-refractivity contribution < 1.29 is 32.2 Å². The number of ether oxygens (including phenoxy) is 3. The van der Waals surface area contributed by atoms with Gasteiger partial charge in [0, 0.05) is 20.7 Å². The summed E-state index contributed by atoms with van der Waals surface area (Å²) in [5, 5.41) is 6.42. The molecule has 1 N–H and O–H groups in total. The number of hydrogen-bond acceptors (Lipinski definition) is 7. The van der Waals surface area contributed by atoms with Crippen molar-refractivity contribution >= 4 is 19.7 Å². The summed E-state index contributed by atoms with van der Waals surface area (Å²) in [5.74, 6) is -0.414. The molecule has 0 saturated heterocycles. The Hall–Kier alpha value is -1.92. The minimum absolute atomic E-state index is 0.0274. The average Bonchev–Trinajstić information content (AvgIpc) is 2.62. The largest absolute Gasteiger partial charge is 0.466 e. The van der Waals surface area contributed by atoms with E-state index in [0.29, 0.717) is 11.3 Å². The molecule has 1 aromatic heterocycles. The van der Waals surface area contributed by atoms with E-state index in [1.54, 1.807) is 13.8 Å². The van der Waals surface area contributed by atoms with Crippen LogP contribution >= 0.6 is 0 Å². The van der Waals surface area contributed by atoms with E-state index in [4.69, 9.17) is 14.2 Å². The van der Waals surface area contributed by atoms with Gasteiger partial charge >= 0.3 is 12.1 Å². The Bertz CT molecular complexity index is 766. The molecule has 1 unspecified atom stereocenters. The zero-order chi connectivity index (χ0) is 23.7. The van der Waals surface area contributed by atoms with Crippen LogP contribution in [-0.2, 0) is 31.9 Å². The Labute approximate surface area is 181 Å². The lowest BCUT2D eigenvalue weighted by Crippen LogP contribution is -2.34. The van der Waals surface area contributed by atoms with Crippen molar-refractivity contribution in [2.45, 2.75) is 64.9 Å². The summed E-state index contributed by atoms with van der Waals surface area (Å²) in [7, 11) is -1.36. The van der Waals surface area contributed by atoms with Crippen LogP contribution < -0.4 is 10.9 Å². The third-order valence-corrected chi connectivity index (χ3v) is 5.77. The molecule has 0 aliphatic rings. The fourth-order valence-corrected chi connectivity index (χ4v) is 3.21. The molecular weight excluding hydrogens is 435 g/mol. The molecular formula is C19H32F3N3O5Si. The van der Waals surface area contributed by atoms with Crippen LogP contribution in [0, 0.1) is 0 Å². The van der Waals surface area contributed by atoms with Gasteiger partial charge in [0.25, 0.3) is 5.56 Å². The number of alkyl halides is 3. The molecule has 178 valence electrons. The van der Waals surface area contributed by atoms with Gasteiger partial charge in [-0.05, 0) is 19.9 Å². The van der Waals surface area contributed by atoms with E-state index in [1.807, 2.05) is 0 Å². The highest BCUT2D eigenvalue weighted by atomic mass is 28.3. The van der Waals surface area contributed by atoms with Gasteiger partial charge in [-0.3, -0.25) is 9.59 Å². The number of halogens is 3. The highest BCUT2D eigenvalue weighted by molar-refractivity contribution is 6.76. The van der Waals surface area contributed by atoms with Gasteiger partial charge in [0.05, 0.1) is 38.1 Å². The van der Waals surface area contributed by atoms with E-state index in [9.17, 15) is 22.8 Å². The minimum Gasteiger partial charge on any atom is -0.466 e. The van der Waals surface area contributed by atoms with E-state index in [2.05, 4.69) is 30.1 Å². The number of aromatic nitrogens is 2. The summed E-state index contributed by atoms with van der Waals surface area (Å²) in [4.78, 5) is 23.6. The quantitative estimate of drug-likeness (QED) is 0.270. The van der Waals surface area contributed by atoms with Gasteiger partial charge in [0.2, 0.25) is 0 Å². The number of esters is 1. The molecule has 1 rings (SSSR count). The second-order valence-electron chi connectivity index (χ2n) is 8.26. The molecule has 12 heteroatoms. The van der Waals surface area contributed by atoms with Gasteiger partial charge in [-0.25, -0.2) is 4.68 Å². The third-order valence-electron chi connectivity index (χ3n) is 4.06. The first-order valence-electron chi connectivity index (χ1n) is 10.1. The first-order chi connectivity index (χ1) is 14.3. The normalized spacial score (nSPS) is 13.2. The Balaban J connectivity index is 2.76. The van der Waals surface area contributed by atoms with Gasteiger partial charge < -0.3 is 19.5 Å². The maximum atomic E-state index is 13.6. The molecule has 0 spiro atoms. The maximum Gasteiger partial charge on any atom is 0.423 e. The van der Waals surface area contributed by atoms with Crippen LogP contribution in [0.1, 0.15) is 25.8 Å². The van der Waals surface area contributed by atoms with E-state index in [1.165, 1.54) is 0 Å². The summed E-state index contributed by atoms with van der Waals surface area (Å²) in [6, 6.07) is 0.259. The summed E-state index contributed by atoms with van der Waals surface area (Å²) < 4.78 is 56.7. The summed E-state index contributed by atoms with van der Waals surface area (Å²) in [6.07, 6.45) is -3.86. The van der Waals surface area contributed by atoms with Crippen LogP contribution in [0.4, 0.5) is 18.9 Å². The van der Waals surface area contributed by atoms with Crippen molar-refractivity contribution in [1.82, 2.24) is 9.78 Å². The molecule has 1 aromatic rings. The highest BCUT2D eigenvalue weighted by Crippen LogP contribution is 2.32. The van der Waals surface area contributed by atoms with E-state index >= 15 is 0 Å². The monoisotopic (exact) mass is 467 g/mol. The average molecular weight is 468 g/mol. The number of nitrogens with one attached hydrogen (secondary N) is 1. The van der Waals surface area contributed by atoms with Gasteiger partial charge in [-0.1, -0.05) is 19.6 Å². The Morgan fingerprint density at radius 1 is 1.26 bits per heavy atom. The third kappa shape index (κ3) is 10.3. The standard InChI is InChI=1S/C19H32F3N3O5Si/c1-6-30-16(26)7-8-28-12-14(2)24-15-11-23-25(13-29-9-10-31(3,4)5)18(27)17(15)19(20,21)22/h11,14,24H,6-10,12-13H2,1-5H3. The molecule has 0 fully saturated rings. The number of carbonyl (C=O) groups is 1. The molecule has 0 aliphatic carbocycles. The number of rotatable bonds is 13. The second-order valence-corrected chi connectivity index (χ2v) is 13.9. The smallest absolute Gasteiger partial charge is 0.423 e. The first kappa shape index (κ1) is 27.1. The van der Waals surface area contributed by atoms with Crippen LogP contribution in [0.5, 0.6) is 0 Å². The number of anilines is 1. The fourth-order valence-electron chi connectivity index (χ4n) is 2.45. The highest BCUT2D eigenvalue weighted by Gasteiger charge is 2.38. The summed E-state index contributed by atoms with van der Waals surface area (Å²) >= 11 is 0. The van der Waals surface area contributed by atoms with Crippen LogP contribution in [0.3, 0.4) is 0 Å². The molecule has 0 bridgehead atoms. The van der Waals surface area contributed by atoms with Crippen LogP contribution in [-0.4, -0.2) is 56.3 Å². The van der Waals surface area contributed by atoms with Crippen molar-refractivity contribution in [3.05, 3.63) is 22.1 Å².